The van der Waals surface area contributed by atoms with Crippen LogP contribution in [-0.2, 0) is 22.4 Å². The first-order valence-corrected chi connectivity index (χ1v) is 12.3. The van der Waals surface area contributed by atoms with E-state index in [1.807, 2.05) is 13.0 Å². The number of halogens is 2. The second-order valence-electron chi connectivity index (χ2n) is 9.93. The average Bonchev–Trinajstić information content (AvgIpc) is 2.79. The minimum Gasteiger partial charge on any atom is -0.480 e. The van der Waals surface area contributed by atoms with Crippen LogP contribution < -0.4 is 10.6 Å². The molecule has 1 aliphatic carbocycles. The molecule has 0 aromatic carbocycles. The number of unbranched alkanes of at least 4 members (excludes halogenated alkanes) is 1. The van der Waals surface area contributed by atoms with Crippen molar-refractivity contribution in [3.63, 3.8) is 0 Å². The maximum Gasteiger partial charge on any atom is 0.326 e. The first kappa shape index (κ1) is 25.4. The Kier molecular flexibility index (Phi) is 8.65. The van der Waals surface area contributed by atoms with Gasteiger partial charge in [0.05, 0.1) is 0 Å². The summed E-state index contributed by atoms with van der Waals surface area (Å²) in [5.74, 6) is -3.64. The Morgan fingerprint density at radius 2 is 1.94 bits per heavy atom. The van der Waals surface area contributed by atoms with Gasteiger partial charge in [-0.15, -0.1) is 0 Å². The number of nitrogens with one attached hydrogen (secondary N) is 2. The van der Waals surface area contributed by atoms with Crippen LogP contribution in [0.2, 0.25) is 0 Å². The molecule has 0 radical (unpaired) electrons. The molecule has 2 aliphatic rings. The lowest BCUT2D eigenvalue weighted by atomic mass is 9.75. The molecular formula is C25H37F2N3O3. The summed E-state index contributed by atoms with van der Waals surface area (Å²) in [6, 6.07) is 2.75. The van der Waals surface area contributed by atoms with Crippen LogP contribution in [0.4, 0.5) is 14.6 Å². The molecule has 1 fully saturated rings. The highest BCUT2D eigenvalue weighted by molar-refractivity contribution is 5.87. The standard InChI is InChI=1S/C25H37F2N3O3/c1-24(13-4-2-5-14-24)23(33)30-20(22(31)32)12-16-25(26,27)15-6-3-9-19-11-10-18-8-7-17-28-21(18)29-19/h10-11,20H,2-9,12-17H2,1H3,(H,28,29)(H,30,33)(H,31,32)/t20-/m0/s1. The number of aryl methyl sites for hydroxylation is 2. The molecule has 1 saturated carbocycles. The Balaban J connectivity index is 1.42. The van der Waals surface area contributed by atoms with Gasteiger partial charge in [0.1, 0.15) is 11.9 Å². The number of hydrogen-bond acceptors (Lipinski definition) is 4. The number of carboxylic acids is 1. The largest absolute Gasteiger partial charge is 0.480 e. The summed E-state index contributed by atoms with van der Waals surface area (Å²) in [6.45, 7) is 2.75. The van der Waals surface area contributed by atoms with Crippen LogP contribution in [0.3, 0.4) is 0 Å². The van der Waals surface area contributed by atoms with Gasteiger partial charge in [0.2, 0.25) is 11.8 Å². The molecule has 1 aliphatic heterocycles. The summed E-state index contributed by atoms with van der Waals surface area (Å²) in [7, 11) is 0. The van der Waals surface area contributed by atoms with E-state index in [2.05, 4.69) is 21.7 Å². The Morgan fingerprint density at radius 3 is 2.67 bits per heavy atom. The van der Waals surface area contributed by atoms with Gasteiger partial charge in [-0.2, -0.15) is 0 Å². The van der Waals surface area contributed by atoms with E-state index >= 15 is 0 Å². The van der Waals surface area contributed by atoms with Crippen molar-refractivity contribution in [3.05, 3.63) is 23.4 Å². The minimum atomic E-state index is -2.96. The number of carbonyl (C=O) groups excluding carboxylic acids is 1. The summed E-state index contributed by atoms with van der Waals surface area (Å²) in [4.78, 5) is 28.8. The van der Waals surface area contributed by atoms with Gasteiger partial charge in [0.25, 0.3) is 0 Å². The molecule has 3 N–H and O–H groups in total. The number of pyridine rings is 1. The molecule has 3 rings (SSSR count). The maximum absolute atomic E-state index is 14.4. The molecule has 0 unspecified atom stereocenters. The number of carbonyl (C=O) groups is 2. The van der Waals surface area contributed by atoms with Gasteiger partial charge in [-0.05, 0) is 63.0 Å². The Bertz CT molecular complexity index is 825. The highest BCUT2D eigenvalue weighted by Crippen LogP contribution is 2.36. The van der Waals surface area contributed by atoms with Gasteiger partial charge >= 0.3 is 5.97 Å². The number of hydrogen-bond donors (Lipinski definition) is 3. The predicted molar refractivity (Wildman–Crippen MR) is 124 cm³/mol. The number of fused-ring (bicyclic) bond motifs is 1. The molecule has 6 nitrogen and oxygen atoms in total. The van der Waals surface area contributed by atoms with E-state index in [1.165, 1.54) is 5.56 Å². The van der Waals surface area contributed by atoms with E-state index in [4.69, 9.17) is 0 Å². The number of alkyl halides is 2. The molecule has 184 valence electrons. The third-order valence-electron chi connectivity index (χ3n) is 7.08. The van der Waals surface area contributed by atoms with Gasteiger partial charge < -0.3 is 15.7 Å². The molecule has 1 aromatic heterocycles. The lowest BCUT2D eigenvalue weighted by Gasteiger charge is -2.33. The van der Waals surface area contributed by atoms with Crippen molar-refractivity contribution in [2.75, 3.05) is 11.9 Å². The summed E-state index contributed by atoms with van der Waals surface area (Å²) in [6.07, 6.45) is 6.88. The van der Waals surface area contributed by atoms with Crippen molar-refractivity contribution < 1.29 is 23.5 Å². The zero-order chi connectivity index (χ0) is 23.9. The third-order valence-corrected chi connectivity index (χ3v) is 7.08. The van der Waals surface area contributed by atoms with E-state index < -0.39 is 29.8 Å². The van der Waals surface area contributed by atoms with E-state index in [-0.39, 0.29) is 18.7 Å². The first-order chi connectivity index (χ1) is 15.7. The Hall–Kier alpha value is -2.25. The summed E-state index contributed by atoms with van der Waals surface area (Å²) >= 11 is 0. The van der Waals surface area contributed by atoms with Crippen LogP contribution in [-0.4, -0.2) is 40.5 Å². The van der Waals surface area contributed by atoms with Crippen LogP contribution in [0.1, 0.15) is 88.8 Å². The molecule has 33 heavy (non-hydrogen) atoms. The summed E-state index contributed by atoms with van der Waals surface area (Å²) in [5.41, 5.74) is 1.50. The molecule has 0 saturated heterocycles. The quantitative estimate of drug-likeness (QED) is 0.395. The van der Waals surface area contributed by atoms with Crippen LogP contribution in [0.25, 0.3) is 0 Å². The molecular weight excluding hydrogens is 428 g/mol. The van der Waals surface area contributed by atoms with Crippen molar-refractivity contribution in [2.24, 2.45) is 5.41 Å². The maximum atomic E-state index is 14.4. The monoisotopic (exact) mass is 465 g/mol. The van der Waals surface area contributed by atoms with Crippen molar-refractivity contribution in [1.29, 1.82) is 0 Å². The normalized spacial score (nSPS) is 18.6. The van der Waals surface area contributed by atoms with Crippen LogP contribution in [0, 0.1) is 5.41 Å². The smallest absolute Gasteiger partial charge is 0.326 e. The van der Waals surface area contributed by atoms with E-state index in [0.717, 1.165) is 50.2 Å². The average molecular weight is 466 g/mol. The highest BCUT2D eigenvalue weighted by atomic mass is 19.3. The molecule has 0 bridgehead atoms. The lowest BCUT2D eigenvalue weighted by Crippen LogP contribution is -2.48. The van der Waals surface area contributed by atoms with Crippen molar-refractivity contribution in [3.8, 4) is 0 Å². The zero-order valence-corrected chi connectivity index (χ0v) is 19.6. The van der Waals surface area contributed by atoms with Gasteiger partial charge in [-0.3, -0.25) is 4.79 Å². The molecule has 1 amide bonds. The number of aromatic nitrogens is 1. The Labute approximate surface area is 194 Å². The third kappa shape index (κ3) is 7.37. The van der Waals surface area contributed by atoms with Gasteiger partial charge in [-0.1, -0.05) is 32.3 Å². The fraction of sp³-hybridized carbons (Fsp3) is 0.720. The van der Waals surface area contributed by atoms with Crippen molar-refractivity contribution in [2.45, 2.75) is 102 Å². The number of aliphatic carboxylic acids is 1. The van der Waals surface area contributed by atoms with Gasteiger partial charge in [0, 0.05) is 30.5 Å². The van der Waals surface area contributed by atoms with Crippen molar-refractivity contribution >= 4 is 17.7 Å². The zero-order valence-electron chi connectivity index (χ0n) is 19.6. The van der Waals surface area contributed by atoms with Crippen LogP contribution in [0.15, 0.2) is 12.1 Å². The molecule has 0 spiro atoms. The molecule has 1 atom stereocenters. The molecule has 2 heterocycles. The number of anilines is 1. The topological polar surface area (TPSA) is 91.3 Å². The highest BCUT2D eigenvalue weighted by Gasteiger charge is 2.38. The second-order valence-corrected chi connectivity index (χ2v) is 9.93. The number of nitrogens with zero attached hydrogens (tertiary/aromatic N) is 1. The van der Waals surface area contributed by atoms with E-state index in [9.17, 15) is 23.5 Å². The molecule has 8 heteroatoms. The fourth-order valence-corrected chi connectivity index (χ4v) is 4.83. The molecule has 1 aromatic rings. The summed E-state index contributed by atoms with van der Waals surface area (Å²) in [5, 5.41) is 15.3. The minimum absolute atomic E-state index is 0.276. The van der Waals surface area contributed by atoms with E-state index in [1.54, 1.807) is 0 Å². The SMILES string of the molecule is CC1(C(=O)N[C@@H](CCC(F)(F)CCCCc2ccc3c(n2)NCCC3)C(=O)O)CCCCC1. The Morgan fingerprint density at radius 1 is 1.18 bits per heavy atom. The van der Waals surface area contributed by atoms with Crippen molar-refractivity contribution in [1.82, 2.24) is 10.3 Å². The fourth-order valence-electron chi connectivity index (χ4n) is 4.83. The first-order valence-electron chi connectivity index (χ1n) is 12.3. The van der Waals surface area contributed by atoms with E-state index in [0.29, 0.717) is 32.1 Å². The lowest BCUT2D eigenvalue weighted by molar-refractivity contribution is -0.145. The summed E-state index contributed by atoms with van der Waals surface area (Å²) < 4.78 is 28.9. The van der Waals surface area contributed by atoms with Gasteiger partial charge in [0.15, 0.2) is 0 Å². The number of amides is 1. The van der Waals surface area contributed by atoms with Crippen LogP contribution in [0.5, 0.6) is 0 Å². The second kappa shape index (κ2) is 11.3. The number of carboxylic acid groups (broad SMARTS) is 1. The number of rotatable bonds is 11. The van der Waals surface area contributed by atoms with Gasteiger partial charge in [-0.25, -0.2) is 18.6 Å². The van der Waals surface area contributed by atoms with Crippen LogP contribution >= 0.6 is 0 Å². The predicted octanol–water partition coefficient (Wildman–Crippen LogP) is 5.11.